The molecule has 0 saturated heterocycles. The molecule has 0 aliphatic carbocycles. The fraction of sp³-hybridized carbons (Fsp3) is 0. The van der Waals surface area contributed by atoms with E-state index in [0.29, 0.717) is 0 Å². The number of nitrogens with one attached hydrogen (secondary N) is 1. The number of benzene rings is 1. The number of aromatic nitrogens is 1. The largest absolute Gasteiger partial charge is 0.366 e. The van der Waals surface area contributed by atoms with Crippen LogP contribution in [0.25, 0.3) is 10.8 Å². The van der Waals surface area contributed by atoms with Gasteiger partial charge in [-0.05, 0) is 10.8 Å². The van der Waals surface area contributed by atoms with Crippen LogP contribution < -0.4 is 0 Å². The van der Waals surface area contributed by atoms with Crippen molar-refractivity contribution in [2.24, 2.45) is 0 Å². The van der Waals surface area contributed by atoms with Gasteiger partial charge in [-0.1, -0.05) is 24.3 Å². The van der Waals surface area contributed by atoms with Crippen LogP contribution in [0.15, 0.2) is 36.7 Å². The molecule has 1 aromatic heterocycles. The third-order valence-electron chi connectivity index (χ3n) is 1.47. The van der Waals surface area contributed by atoms with Crippen molar-refractivity contribution >= 4 is 10.8 Å². The summed E-state index contributed by atoms with van der Waals surface area (Å²) < 4.78 is 0. The summed E-state index contributed by atoms with van der Waals surface area (Å²) in [6.07, 6.45) is 3.99. The summed E-state index contributed by atoms with van der Waals surface area (Å²) in [4.78, 5) is 3.04. The van der Waals surface area contributed by atoms with Gasteiger partial charge in [-0.2, -0.15) is 0 Å². The first-order chi connectivity index (χ1) is 4.47. The van der Waals surface area contributed by atoms with Crippen molar-refractivity contribution < 1.29 is 37.7 Å². The standard InChI is InChI=1S/C8H7N.Ar/c1-2-4-8-6-9-5-7(8)3-1;/h1-6,9H;. The Morgan fingerprint density at radius 3 is 1.90 bits per heavy atom. The number of H-pyrrole nitrogens is 1. The van der Waals surface area contributed by atoms with Crippen LogP contribution in [0.5, 0.6) is 0 Å². The first-order valence-corrected chi connectivity index (χ1v) is 2.98. The first kappa shape index (κ1) is 8.12. The molecule has 0 amide bonds. The Kier molecular flexibility index (Phi) is 2.78. The summed E-state index contributed by atoms with van der Waals surface area (Å²) in [5.41, 5.74) is 0. The molecule has 10 heavy (non-hydrogen) atoms. The minimum Gasteiger partial charge on any atom is -0.366 e. The van der Waals surface area contributed by atoms with Crippen molar-refractivity contribution in [3.05, 3.63) is 36.7 Å². The van der Waals surface area contributed by atoms with E-state index < -0.39 is 0 Å². The Balaban J connectivity index is 0.000000500. The van der Waals surface area contributed by atoms with E-state index in [-0.39, 0.29) is 37.7 Å². The van der Waals surface area contributed by atoms with Crippen molar-refractivity contribution in [3.8, 4) is 0 Å². The monoisotopic (exact) mass is 157 g/mol. The second kappa shape index (κ2) is 3.42. The van der Waals surface area contributed by atoms with Crippen LogP contribution in [-0.4, -0.2) is 4.98 Å². The number of hydrogen-bond donors (Lipinski definition) is 1. The van der Waals surface area contributed by atoms with E-state index in [2.05, 4.69) is 17.1 Å². The molecule has 1 N–H and O–H groups in total. The minimum atomic E-state index is 0. The zero-order chi connectivity index (χ0) is 6.10. The molecule has 0 spiro atoms. The molecule has 1 nitrogen and oxygen atoms in total. The maximum absolute atomic E-state index is 3.04. The number of fused-ring (bicyclic) bond motifs is 1. The minimum absolute atomic E-state index is 0. The second-order valence-electron chi connectivity index (χ2n) is 2.08. The number of rotatable bonds is 0. The summed E-state index contributed by atoms with van der Waals surface area (Å²) in [6.45, 7) is 0. The maximum Gasteiger partial charge on any atom is 0.00843 e. The topological polar surface area (TPSA) is 15.8 Å². The van der Waals surface area contributed by atoms with Gasteiger partial charge in [0.2, 0.25) is 0 Å². The van der Waals surface area contributed by atoms with Crippen LogP contribution in [0, 0.1) is 37.7 Å². The summed E-state index contributed by atoms with van der Waals surface area (Å²) in [7, 11) is 0. The van der Waals surface area contributed by atoms with Gasteiger partial charge >= 0.3 is 0 Å². The van der Waals surface area contributed by atoms with Crippen molar-refractivity contribution in [3.63, 3.8) is 0 Å². The molecule has 1 heterocycles. The van der Waals surface area contributed by atoms with E-state index >= 15 is 0 Å². The quantitative estimate of drug-likeness (QED) is 0.603. The van der Waals surface area contributed by atoms with Crippen LogP contribution in [0.2, 0.25) is 0 Å². The smallest absolute Gasteiger partial charge is 0.00843 e. The molecule has 0 aliphatic heterocycles. The Morgan fingerprint density at radius 1 is 0.900 bits per heavy atom. The number of aromatic amines is 1. The molecule has 0 unspecified atom stereocenters. The van der Waals surface area contributed by atoms with E-state index in [1.807, 2.05) is 24.5 Å². The van der Waals surface area contributed by atoms with E-state index in [9.17, 15) is 0 Å². The molecular weight excluding hydrogens is 150 g/mol. The van der Waals surface area contributed by atoms with Gasteiger partial charge in [0.1, 0.15) is 0 Å². The van der Waals surface area contributed by atoms with E-state index in [1.54, 1.807) is 0 Å². The van der Waals surface area contributed by atoms with E-state index in [4.69, 9.17) is 0 Å². The zero-order valence-corrected chi connectivity index (χ0v) is 6.02. The van der Waals surface area contributed by atoms with Gasteiger partial charge in [-0.15, -0.1) is 0 Å². The van der Waals surface area contributed by atoms with Crippen molar-refractivity contribution in [2.45, 2.75) is 0 Å². The van der Waals surface area contributed by atoms with Crippen LogP contribution in [0.1, 0.15) is 0 Å². The molecule has 2 rings (SSSR count). The maximum atomic E-state index is 3.04. The Morgan fingerprint density at radius 2 is 1.40 bits per heavy atom. The molecular formula is C8H7ArN. The first-order valence-electron chi connectivity index (χ1n) is 2.98. The molecule has 0 bridgehead atoms. The molecule has 0 saturated carbocycles. The second-order valence-corrected chi connectivity index (χ2v) is 2.08. The Bertz CT molecular complexity index is 283. The van der Waals surface area contributed by atoms with Gasteiger partial charge < -0.3 is 4.98 Å². The molecule has 2 heteroatoms. The van der Waals surface area contributed by atoms with Gasteiger partial charge in [-0.25, -0.2) is 0 Å². The molecule has 0 fully saturated rings. The third kappa shape index (κ3) is 1.36. The summed E-state index contributed by atoms with van der Waals surface area (Å²) in [5, 5.41) is 2.55. The predicted molar refractivity (Wildman–Crippen MR) is 38.3 cm³/mol. The fourth-order valence-corrected chi connectivity index (χ4v) is 0.995. The molecule has 52 valence electrons. The van der Waals surface area contributed by atoms with Gasteiger partial charge in [0.25, 0.3) is 0 Å². The van der Waals surface area contributed by atoms with Gasteiger partial charge in [-0.3, -0.25) is 0 Å². The fourth-order valence-electron chi connectivity index (χ4n) is 0.995. The van der Waals surface area contributed by atoms with Crippen LogP contribution in [0.3, 0.4) is 0 Å². The average molecular weight is 157 g/mol. The predicted octanol–water partition coefficient (Wildman–Crippen LogP) is 2.17. The number of hydrogen-bond acceptors (Lipinski definition) is 0. The summed E-state index contributed by atoms with van der Waals surface area (Å²) >= 11 is 0. The Hall–Kier alpha value is 0.0197. The molecule has 0 atom stereocenters. The van der Waals surface area contributed by atoms with Gasteiger partial charge in [0.05, 0.1) is 0 Å². The van der Waals surface area contributed by atoms with Crippen molar-refractivity contribution in [2.75, 3.05) is 0 Å². The molecule has 2 aromatic rings. The van der Waals surface area contributed by atoms with Crippen LogP contribution in [0.4, 0.5) is 0 Å². The summed E-state index contributed by atoms with van der Waals surface area (Å²) in [5.74, 6) is 0. The third-order valence-corrected chi connectivity index (χ3v) is 1.47. The van der Waals surface area contributed by atoms with Gasteiger partial charge in [0.15, 0.2) is 0 Å². The van der Waals surface area contributed by atoms with Crippen LogP contribution in [-0.2, 0) is 0 Å². The van der Waals surface area contributed by atoms with E-state index in [0.717, 1.165) is 0 Å². The molecule has 0 aliphatic rings. The van der Waals surface area contributed by atoms with Gasteiger partial charge in [0, 0.05) is 50.1 Å². The summed E-state index contributed by atoms with van der Waals surface area (Å²) in [6, 6.07) is 8.25. The SMILES string of the molecule is [Ar].c1ccc2c[nH]cc2c1. The molecule has 1 aromatic carbocycles. The Labute approximate surface area is 89.4 Å². The van der Waals surface area contributed by atoms with Crippen molar-refractivity contribution in [1.29, 1.82) is 0 Å². The van der Waals surface area contributed by atoms with E-state index in [1.165, 1.54) is 10.8 Å². The average Bonchev–Trinajstić information content (AvgIpc) is 2.33. The normalized spacial score (nSPS) is 9.20. The van der Waals surface area contributed by atoms with Crippen LogP contribution >= 0.6 is 0 Å². The molecule has 0 radical (unpaired) electrons. The van der Waals surface area contributed by atoms with Crippen molar-refractivity contribution in [1.82, 2.24) is 4.98 Å². The zero-order valence-electron chi connectivity index (χ0n) is 5.32.